The average Bonchev–Trinajstić information content (AvgIpc) is 3.53. The molecule has 2 fully saturated rings. The Kier molecular flexibility index (Phi) is 7.29. The summed E-state index contributed by atoms with van der Waals surface area (Å²) in [5.74, 6) is 1.49. The maximum absolute atomic E-state index is 12.2. The van der Waals surface area contributed by atoms with Crippen LogP contribution in [0.5, 0.6) is 5.75 Å². The highest BCUT2D eigenvalue weighted by molar-refractivity contribution is 5.87. The van der Waals surface area contributed by atoms with Gasteiger partial charge < -0.3 is 14.5 Å². The van der Waals surface area contributed by atoms with Crippen LogP contribution in [0.15, 0.2) is 24.3 Å². The molecule has 138 valence electrons. The van der Waals surface area contributed by atoms with Gasteiger partial charge in [0.1, 0.15) is 11.5 Å². The fourth-order valence-electron chi connectivity index (χ4n) is 3.02. The molecule has 0 unspecified atom stereocenters. The molecule has 0 aromatic heterocycles. The number of hydrogen-bond acceptors (Lipinski definition) is 4. The smallest absolute Gasteiger partial charge is 0.223 e. The SMILES string of the molecule is CC.COc1cccc(N2CCN(C(=O)CCC(=O)C3CC3)CC2)c1. The number of rotatable bonds is 6. The van der Waals surface area contributed by atoms with E-state index in [0.29, 0.717) is 25.9 Å². The van der Waals surface area contributed by atoms with Crippen LogP contribution in [-0.4, -0.2) is 49.9 Å². The second-order valence-electron chi connectivity index (χ2n) is 6.31. The fraction of sp³-hybridized carbons (Fsp3) is 0.600. The highest BCUT2D eigenvalue weighted by atomic mass is 16.5. The van der Waals surface area contributed by atoms with Crippen LogP contribution < -0.4 is 9.64 Å². The van der Waals surface area contributed by atoms with E-state index in [0.717, 1.165) is 37.4 Å². The summed E-state index contributed by atoms with van der Waals surface area (Å²) in [5, 5.41) is 0. The van der Waals surface area contributed by atoms with Crippen LogP contribution in [0.3, 0.4) is 0 Å². The Morgan fingerprint density at radius 1 is 1.08 bits per heavy atom. The zero-order chi connectivity index (χ0) is 18.2. The molecule has 1 amide bonds. The second-order valence-corrected chi connectivity index (χ2v) is 6.31. The van der Waals surface area contributed by atoms with Crippen LogP contribution in [0, 0.1) is 5.92 Å². The summed E-state index contributed by atoms with van der Waals surface area (Å²) < 4.78 is 5.26. The summed E-state index contributed by atoms with van der Waals surface area (Å²) in [5.41, 5.74) is 1.13. The molecular formula is C20H30N2O3. The van der Waals surface area contributed by atoms with Crippen LogP contribution >= 0.6 is 0 Å². The molecule has 0 spiro atoms. The van der Waals surface area contributed by atoms with Gasteiger partial charge in [-0.15, -0.1) is 0 Å². The third-order valence-corrected chi connectivity index (χ3v) is 4.67. The van der Waals surface area contributed by atoms with E-state index in [-0.39, 0.29) is 17.6 Å². The third-order valence-electron chi connectivity index (χ3n) is 4.67. The monoisotopic (exact) mass is 346 g/mol. The lowest BCUT2D eigenvalue weighted by Crippen LogP contribution is -2.48. The van der Waals surface area contributed by atoms with E-state index in [1.807, 2.05) is 36.9 Å². The summed E-state index contributed by atoms with van der Waals surface area (Å²) in [6.07, 6.45) is 2.83. The first-order chi connectivity index (χ1) is 12.2. The minimum Gasteiger partial charge on any atom is -0.497 e. The number of ether oxygens (including phenoxy) is 1. The second kappa shape index (κ2) is 9.44. The van der Waals surface area contributed by atoms with Gasteiger partial charge in [-0.1, -0.05) is 19.9 Å². The predicted octanol–water partition coefficient (Wildman–Crippen LogP) is 3.13. The molecule has 1 saturated heterocycles. The molecule has 25 heavy (non-hydrogen) atoms. The zero-order valence-electron chi connectivity index (χ0n) is 15.7. The van der Waals surface area contributed by atoms with E-state index >= 15 is 0 Å². The van der Waals surface area contributed by atoms with Crippen molar-refractivity contribution < 1.29 is 14.3 Å². The number of piperazine rings is 1. The van der Waals surface area contributed by atoms with Gasteiger partial charge in [0.25, 0.3) is 0 Å². The number of nitrogens with zero attached hydrogens (tertiary/aromatic N) is 2. The summed E-state index contributed by atoms with van der Waals surface area (Å²) >= 11 is 0. The van der Waals surface area contributed by atoms with Crippen LogP contribution in [0.2, 0.25) is 0 Å². The summed E-state index contributed by atoms with van der Waals surface area (Å²) in [6.45, 7) is 7.06. The number of carbonyl (C=O) groups excluding carboxylic acids is 2. The topological polar surface area (TPSA) is 49.9 Å². The Morgan fingerprint density at radius 3 is 2.36 bits per heavy atom. The van der Waals surface area contributed by atoms with E-state index in [1.54, 1.807) is 7.11 Å². The highest BCUT2D eigenvalue weighted by Gasteiger charge is 2.30. The Hall–Kier alpha value is -2.04. The quantitative estimate of drug-likeness (QED) is 0.794. The zero-order valence-corrected chi connectivity index (χ0v) is 15.7. The summed E-state index contributed by atoms with van der Waals surface area (Å²) in [7, 11) is 1.67. The van der Waals surface area contributed by atoms with Gasteiger partial charge in [0.2, 0.25) is 5.91 Å². The van der Waals surface area contributed by atoms with Crippen molar-refractivity contribution in [2.75, 3.05) is 38.2 Å². The van der Waals surface area contributed by atoms with Gasteiger partial charge in [0.05, 0.1) is 7.11 Å². The van der Waals surface area contributed by atoms with Crippen molar-refractivity contribution in [3.8, 4) is 5.75 Å². The van der Waals surface area contributed by atoms with Crippen molar-refractivity contribution in [2.45, 2.75) is 39.5 Å². The van der Waals surface area contributed by atoms with Gasteiger partial charge in [-0.05, 0) is 25.0 Å². The van der Waals surface area contributed by atoms with E-state index in [2.05, 4.69) is 11.0 Å². The molecule has 3 rings (SSSR count). The Labute approximate surface area is 150 Å². The number of anilines is 1. The minimum absolute atomic E-state index is 0.115. The first-order valence-electron chi connectivity index (χ1n) is 9.37. The van der Waals surface area contributed by atoms with Gasteiger partial charge in [-0.2, -0.15) is 0 Å². The van der Waals surface area contributed by atoms with Crippen LogP contribution in [0.1, 0.15) is 39.5 Å². The van der Waals surface area contributed by atoms with Crippen molar-refractivity contribution in [1.82, 2.24) is 4.90 Å². The number of benzene rings is 1. The molecule has 0 N–H and O–H groups in total. The van der Waals surface area contributed by atoms with Crippen molar-refractivity contribution in [1.29, 1.82) is 0 Å². The lowest BCUT2D eigenvalue weighted by molar-refractivity contribution is -0.133. The summed E-state index contributed by atoms with van der Waals surface area (Å²) in [4.78, 5) is 28.1. The Balaban J connectivity index is 0.00000109. The van der Waals surface area contributed by atoms with Gasteiger partial charge in [-0.25, -0.2) is 0 Å². The predicted molar refractivity (Wildman–Crippen MR) is 100 cm³/mol. The largest absolute Gasteiger partial charge is 0.497 e. The van der Waals surface area contributed by atoms with Crippen molar-refractivity contribution in [3.63, 3.8) is 0 Å². The molecule has 1 aliphatic heterocycles. The van der Waals surface area contributed by atoms with E-state index in [4.69, 9.17) is 4.74 Å². The van der Waals surface area contributed by atoms with Gasteiger partial charge >= 0.3 is 0 Å². The first-order valence-corrected chi connectivity index (χ1v) is 9.37. The highest BCUT2D eigenvalue weighted by Crippen LogP contribution is 2.31. The van der Waals surface area contributed by atoms with Gasteiger partial charge in [-0.3, -0.25) is 9.59 Å². The number of ketones is 1. The van der Waals surface area contributed by atoms with Gasteiger partial charge in [0, 0.05) is 56.7 Å². The number of amides is 1. The molecule has 1 saturated carbocycles. The minimum atomic E-state index is 0.115. The lowest BCUT2D eigenvalue weighted by atomic mass is 10.1. The maximum atomic E-state index is 12.2. The fourth-order valence-corrected chi connectivity index (χ4v) is 3.02. The van der Waals surface area contributed by atoms with Crippen molar-refractivity contribution >= 4 is 17.4 Å². The normalized spacial score (nSPS) is 16.8. The molecular weight excluding hydrogens is 316 g/mol. The molecule has 5 heteroatoms. The van der Waals surface area contributed by atoms with E-state index < -0.39 is 0 Å². The standard InChI is InChI=1S/C18H24N2O3.C2H6/c1-23-16-4-2-3-15(13-16)19-9-11-20(12-10-19)18(22)8-7-17(21)14-5-6-14;1-2/h2-4,13-14H,5-12H2,1H3;1-2H3. The molecule has 1 aliphatic carbocycles. The molecule has 0 radical (unpaired) electrons. The maximum Gasteiger partial charge on any atom is 0.223 e. The molecule has 0 bridgehead atoms. The number of hydrogen-bond donors (Lipinski definition) is 0. The first kappa shape index (κ1) is 19.3. The Bertz CT molecular complexity index is 576. The third kappa shape index (κ3) is 5.48. The molecule has 1 aromatic carbocycles. The van der Waals surface area contributed by atoms with Crippen molar-refractivity contribution in [3.05, 3.63) is 24.3 Å². The van der Waals surface area contributed by atoms with Crippen molar-refractivity contribution in [2.24, 2.45) is 5.92 Å². The molecule has 0 atom stereocenters. The molecule has 2 aliphatic rings. The molecule has 1 aromatic rings. The number of methoxy groups -OCH3 is 1. The molecule has 1 heterocycles. The number of Topliss-reactive ketones (excluding diaryl/α,β-unsaturated/α-hetero) is 1. The molecule has 5 nitrogen and oxygen atoms in total. The average molecular weight is 346 g/mol. The Morgan fingerprint density at radius 2 is 1.76 bits per heavy atom. The van der Waals surface area contributed by atoms with Crippen LogP contribution in [-0.2, 0) is 9.59 Å². The van der Waals surface area contributed by atoms with Crippen LogP contribution in [0.25, 0.3) is 0 Å². The van der Waals surface area contributed by atoms with E-state index in [1.165, 1.54) is 0 Å². The lowest BCUT2D eigenvalue weighted by Gasteiger charge is -2.36. The van der Waals surface area contributed by atoms with Gasteiger partial charge in [0.15, 0.2) is 0 Å². The number of carbonyl (C=O) groups is 2. The van der Waals surface area contributed by atoms with E-state index in [9.17, 15) is 9.59 Å². The summed E-state index contributed by atoms with van der Waals surface area (Å²) in [6, 6.07) is 8.00. The van der Waals surface area contributed by atoms with Crippen LogP contribution in [0.4, 0.5) is 5.69 Å².